The van der Waals surface area contributed by atoms with E-state index in [2.05, 4.69) is 26.8 Å². The van der Waals surface area contributed by atoms with E-state index in [1.165, 1.54) is 5.56 Å². The van der Waals surface area contributed by atoms with Crippen LogP contribution in [0.4, 0.5) is 5.69 Å². The lowest BCUT2D eigenvalue weighted by atomic mass is 9.87. The molecule has 2 aromatic rings. The van der Waals surface area contributed by atoms with Gasteiger partial charge in [0.25, 0.3) is 0 Å². The van der Waals surface area contributed by atoms with Crippen LogP contribution in [-0.2, 0) is 12.0 Å². The fraction of sp³-hybridized carbons (Fsp3) is 0.294. The summed E-state index contributed by atoms with van der Waals surface area (Å²) in [5.74, 6) is 0.760. The van der Waals surface area contributed by atoms with Gasteiger partial charge in [0.15, 0.2) is 0 Å². The number of hydrogen-bond donors (Lipinski definition) is 1. The van der Waals surface area contributed by atoms with Crippen LogP contribution in [0.15, 0.2) is 48.5 Å². The van der Waals surface area contributed by atoms with E-state index in [1.807, 2.05) is 42.5 Å². The highest BCUT2D eigenvalue weighted by Crippen LogP contribution is 2.30. The molecule has 0 unspecified atom stereocenters. The van der Waals surface area contributed by atoms with Crippen molar-refractivity contribution >= 4 is 18.1 Å². The first-order chi connectivity index (χ1) is 8.97. The second-order valence-electron chi connectivity index (χ2n) is 5.78. The van der Waals surface area contributed by atoms with Gasteiger partial charge in [0.1, 0.15) is 12.4 Å². The molecule has 0 saturated heterocycles. The molecule has 0 heterocycles. The van der Waals surface area contributed by atoms with Gasteiger partial charge in [-0.15, -0.1) is 12.4 Å². The van der Waals surface area contributed by atoms with Crippen molar-refractivity contribution in [1.29, 1.82) is 0 Å². The molecule has 108 valence electrons. The SMILES string of the molecule is CC(C)(C)c1ccc(N)c(OCc2ccccc2)c1.Cl. The maximum atomic E-state index is 5.97. The van der Waals surface area contributed by atoms with Gasteiger partial charge in [-0.25, -0.2) is 0 Å². The minimum Gasteiger partial charge on any atom is -0.487 e. The third-order valence-electron chi connectivity index (χ3n) is 3.12. The Labute approximate surface area is 127 Å². The van der Waals surface area contributed by atoms with Crippen LogP contribution >= 0.6 is 12.4 Å². The number of rotatable bonds is 3. The molecule has 2 N–H and O–H groups in total. The van der Waals surface area contributed by atoms with Gasteiger partial charge >= 0.3 is 0 Å². The van der Waals surface area contributed by atoms with E-state index < -0.39 is 0 Å². The lowest BCUT2D eigenvalue weighted by Gasteiger charge is -2.20. The lowest BCUT2D eigenvalue weighted by molar-refractivity contribution is 0.307. The van der Waals surface area contributed by atoms with Crippen LogP contribution in [0.3, 0.4) is 0 Å². The standard InChI is InChI=1S/C17H21NO.ClH/c1-17(2,3)14-9-10-15(18)16(11-14)19-12-13-7-5-4-6-8-13;/h4-11H,12,18H2,1-3H3;1H. The van der Waals surface area contributed by atoms with Crippen LogP contribution in [0.25, 0.3) is 0 Å². The van der Waals surface area contributed by atoms with E-state index in [9.17, 15) is 0 Å². The molecule has 0 saturated carbocycles. The molecule has 0 amide bonds. The third kappa shape index (κ3) is 4.17. The first kappa shape index (κ1) is 16.4. The fourth-order valence-corrected chi connectivity index (χ4v) is 1.86. The van der Waals surface area contributed by atoms with Gasteiger partial charge < -0.3 is 10.5 Å². The van der Waals surface area contributed by atoms with E-state index >= 15 is 0 Å². The highest BCUT2D eigenvalue weighted by molar-refractivity contribution is 5.85. The minimum absolute atomic E-state index is 0. The predicted octanol–water partition coefficient (Wildman–Crippen LogP) is 4.57. The molecular formula is C17H22ClNO. The highest BCUT2D eigenvalue weighted by Gasteiger charge is 2.15. The Kier molecular flexibility index (Phi) is 5.46. The molecule has 2 nitrogen and oxygen atoms in total. The summed E-state index contributed by atoms with van der Waals surface area (Å²) in [5, 5.41) is 0. The van der Waals surface area contributed by atoms with Gasteiger partial charge in [-0.1, -0.05) is 57.2 Å². The zero-order chi connectivity index (χ0) is 13.9. The lowest BCUT2D eigenvalue weighted by Crippen LogP contribution is -2.11. The number of nitrogen functional groups attached to an aromatic ring is 1. The molecule has 0 bridgehead atoms. The topological polar surface area (TPSA) is 35.2 Å². The number of ether oxygens (including phenoxy) is 1. The molecule has 0 atom stereocenters. The Morgan fingerprint density at radius 2 is 1.65 bits per heavy atom. The van der Waals surface area contributed by atoms with Gasteiger partial charge in [-0.05, 0) is 28.7 Å². The predicted molar refractivity (Wildman–Crippen MR) is 87.6 cm³/mol. The molecule has 0 aliphatic rings. The van der Waals surface area contributed by atoms with Crippen molar-refractivity contribution in [3.63, 3.8) is 0 Å². The maximum Gasteiger partial charge on any atom is 0.142 e. The first-order valence-corrected chi connectivity index (χ1v) is 6.53. The molecule has 0 aliphatic carbocycles. The zero-order valence-electron chi connectivity index (χ0n) is 12.2. The van der Waals surface area contributed by atoms with Crippen molar-refractivity contribution < 1.29 is 4.74 Å². The van der Waals surface area contributed by atoms with E-state index in [0.29, 0.717) is 12.3 Å². The van der Waals surface area contributed by atoms with Gasteiger partial charge in [-0.3, -0.25) is 0 Å². The Hall–Kier alpha value is -1.67. The van der Waals surface area contributed by atoms with Crippen molar-refractivity contribution in [2.45, 2.75) is 32.8 Å². The Morgan fingerprint density at radius 1 is 1.00 bits per heavy atom. The average Bonchev–Trinajstić information content (AvgIpc) is 2.37. The van der Waals surface area contributed by atoms with Crippen molar-refractivity contribution in [2.75, 3.05) is 5.73 Å². The van der Waals surface area contributed by atoms with Crippen LogP contribution < -0.4 is 10.5 Å². The van der Waals surface area contributed by atoms with Crippen LogP contribution in [0.1, 0.15) is 31.9 Å². The third-order valence-corrected chi connectivity index (χ3v) is 3.12. The van der Waals surface area contributed by atoms with E-state index in [0.717, 1.165) is 11.3 Å². The van der Waals surface area contributed by atoms with E-state index in [1.54, 1.807) is 0 Å². The largest absolute Gasteiger partial charge is 0.487 e. The molecular weight excluding hydrogens is 270 g/mol. The van der Waals surface area contributed by atoms with E-state index in [-0.39, 0.29) is 17.8 Å². The summed E-state index contributed by atoms with van der Waals surface area (Å²) >= 11 is 0. The fourth-order valence-electron chi connectivity index (χ4n) is 1.86. The number of anilines is 1. The molecule has 0 aliphatic heterocycles. The van der Waals surface area contributed by atoms with E-state index in [4.69, 9.17) is 10.5 Å². The normalized spacial score (nSPS) is 10.8. The molecule has 2 rings (SSSR count). The van der Waals surface area contributed by atoms with Crippen LogP contribution in [-0.4, -0.2) is 0 Å². The summed E-state index contributed by atoms with van der Waals surface area (Å²) in [7, 11) is 0. The van der Waals surface area contributed by atoms with Gasteiger partial charge in [0, 0.05) is 0 Å². The van der Waals surface area contributed by atoms with Gasteiger partial charge in [-0.2, -0.15) is 0 Å². The van der Waals surface area contributed by atoms with Crippen molar-refractivity contribution in [1.82, 2.24) is 0 Å². The zero-order valence-corrected chi connectivity index (χ0v) is 13.0. The summed E-state index contributed by atoms with van der Waals surface area (Å²) in [4.78, 5) is 0. The van der Waals surface area contributed by atoms with Crippen molar-refractivity contribution in [2.24, 2.45) is 0 Å². The quantitative estimate of drug-likeness (QED) is 0.841. The van der Waals surface area contributed by atoms with Gasteiger partial charge in [0.05, 0.1) is 5.69 Å². The number of halogens is 1. The summed E-state index contributed by atoms with van der Waals surface area (Å²) in [6, 6.07) is 16.1. The maximum absolute atomic E-state index is 5.97. The molecule has 0 radical (unpaired) electrons. The second kappa shape index (κ2) is 6.67. The number of benzene rings is 2. The summed E-state index contributed by atoms with van der Waals surface area (Å²) < 4.78 is 5.83. The average molecular weight is 292 g/mol. The summed E-state index contributed by atoms with van der Waals surface area (Å²) in [5.41, 5.74) is 9.12. The first-order valence-electron chi connectivity index (χ1n) is 6.53. The number of hydrogen-bond acceptors (Lipinski definition) is 2. The number of nitrogens with two attached hydrogens (primary N) is 1. The molecule has 3 heteroatoms. The van der Waals surface area contributed by atoms with Crippen molar-refractivity contribution in [3.05, 3.63) is 59.7 Å². The molecule has 0 spiro atoms. The molecule has 20 heavy (non-hydrogen) atoms. The highest BCUT2D eigenvalue weighted by atomic mass is 35.5. The summed E-state index contributed by atoms with van der Waals surface area (Å²) in [6.45, 7) is 7.08. The monoisotopic (exact) mass is 291 g/mol. The summed E-state index contributed by atoms with van der Waals surface area (Å²) in [6.07, 6.45) is 0. The van der Waals surface area contributed by atoms with Gasteiger partial charge in [0.2, 0.25) is 0 Å². The van der Waals surface area contributed by atoms with Crippen LogP contribution in [0, 0.1) is 0 Å². The Morgan fingerprint density at radius 3 is 2.25 bits per heavy atom. The molecule has 2 aromatic carbocycles. The Bertz CT molecular complexity index is 547. The van der Waals surface area contributed by atoms with Crippen LogP contribution in [0.5, 0.6) is 5.75 Å². The molecule has 0 aromatic heterocycles. The Balaban J connectivity index is 0.00000200. The minimum atomic E-state index is 0. The molecule has 0 fully saturated rings. The second-order valence-corrected chi connectivity index (χ2v) is 5.78. The van der Waals surface area contributed by atoms with Crippen LogP contribution in [0.2, 0.25) is 0 Å². The van der Waals surface area contributed by atoms with Crippen molar-refractivity contribution in [3.8, 4) is 5.75 Å². The smallest absolute Gasteiger partial charge is 0.142 e.